The van der Waals surface area contributed by atoms with Crippen LogP contribution in [0.1, 0.15) is 16.1 Å². The Kier molecular flexibility index (Phi) is 3.10. The van der Waals surface area contributed by atoms with Gasteiger partial charge in [0.25, 0.3) is 0 Å². The Bertz CT molecular complexity index is 568. The van der Waals surface area contributed by atoms with E-state index in [1.807, 2.05) is 0 Å². The first-order chi connectivity index (χ1) is 8.06. The maximum absolute atomic E-state index is 12.8. The molecule has 1 heterocycles. The SMILES string of the molecule is O=C(O)c1cn(Cc2ccc(F)cc2Cl)cn1. The van der Waals surface area contributed by atoms with E-state index in [1.54, 1.807) is 10.6 Å². The lowest BCUT2D eigenvalue weighted by Gasteiger charge is -2.04. The molecular weight excluding hydrogens is 247 g/mol. The van der Waals surface area contributed by atoms with Gasteiger partial charge >= 0.3 is 5.97 Å². The van der Waals surface area contributed by atoms with Crippen molar-refractivity contribution >= 4 is 17.6 Å². The molecule has 2 aromatic rings. The fraction of sp³-hybridized carbons (Fsp3) is 0.0909. The van der Waals surface area contributed by atoms with Crippen molar-refractivity contribution in [2.75, 3.05) is 0 Å². The Morgan fingerprint density at radius 1 is 1.53 bits per heavy atom. The van der Waals surface area contributed by atoms with Crippen molar-refractivity contribution in [1.29, 1.82) is 0 Å². The molecule has 0 fully saturated rings. The van der Waals surface area contributed by atoms with Gasteiger partial charge < -0.3 is 9.67 Å². The van der Waals surface area contributed by atoms with Crippen molar-refractivity contribution in [3.8, 4) is 0 Å². The van der Waals surface area contributed by atoms with Gasteiger partial charge in [-0.2, -0.15) is 0 Å². The minimum Gasteiger partial charge on any atom is -0.476 e. The van der Waals surface area contributed by atoms with Gasteiger partial charge in [-0.3, -0.25) is 0 Å². The molecule has 0 saturated carbocycles. The highest BCUT2D eigenvalue weighted by Gasteiger charge is 2.08. The summed E-state index contributed by atoms with van der Waals surface area (Å²) in [7, 11) is 0. The lowest BCUT2D eigenvalue weighted by atomic mass is 10.2. The second-order valence-electron chi connectivity index (χ2n) is 3.47. The number of nitrogens with zero attached hydrogens (tertiary/aromatic N) is 2. The van der Waals surface area contributed by atoms with Gasteiger partial charge in [0.2, 0.25) is 0 Å². The molecule has 88 valence electrons. The predicted octanol–water partition coefficient (Wildman–Crippen LogP) is 2.42. The number of aromatic carboxylic acids is 1. The Hall–Kier alpha value is -1.88. The summed E-state index contributed by atoms with van der Waals surface area (Å²) in [5.41, 5.74) is 0.658. The molecule has 0 aliphatic heterocycles. The zero-order chi connectivity index (χ0) is 12.4. The van der Waals surface area contributed by atoms with Crippen LogP contribution in [-0.4, -0.2) is 20.6 Å². The minimum absolute atomic E-state index is 0.0387. The van der Waals surface area contributed by atoms with Crippen LogP contribution in [0.4, 0.5) is 4.39 Å². The average molecular weight is 255 g/mol. The smallest absolute Gasteiger partial charge is 0.356 e. The lowest BCUT2D eigenvalue weighted by molar-refractivity contribution is 0.0691. The summed E-state index contributed by atoms with van der Waals surface area (Å²) in [5.74, 6) is -1.50. The van der Waals surface area contributed by atoms with Crippen molar-refractivity contribution in [2.45, 2.75) is 6.54 Å². The normalized spacial score (nSPS) is 10.5. The number of carboxylic acid groups (broad SMARTS) is 1. The average Bonchev–Trinajstić information content (AvgIpc) is 2.71. The van der Waals surface area contributed by atoms with Crippen LogP contribution in [0.5, 0.6) is 0 Å². The van der Waals surface area contributed by atoms with E-state index in [-0.39, 0.29) is 5.69 Å². The van der Waals surface area contributed by atoms with E-state index in [2.05, 4.69) is 4.98 Å². The molecule has 2 rings (SSSR count). The van der Waals surface area contributed by atoms with Crippen molar-refractivity contribution in [3.63, 3.8) is 0 Å². The molecule has 1 N–H and O–H groups in total. The topological polar surface area (TPSA) is 55.1 Å². The third-order valence-electron chi connectivity index (χ3n) is 2.22. The van der Waals surface area contributed by atoms with Crippen LogP contribution >= 0.6 is 11.6 Å². The number of carboxylic acids is 1. The second-order valence-corrected chi connectivity index (χ2v) is 3.88. The first kappa shape index (κ1) is 11.6. The Labute approximate surface area is 101 Å². The molecule has 0 atom stereocenters. The number of hydrogen-bond donors (Lipinski definition) is 1. The fourth-order valence-electron chi connectivity index (χ4n) is 1.40. The molecule has 6 heteroatoms. The molecule has 0 amide bonds. The van der Waals surface area contributed by atoms with Gasteiger partial charge in [0.15, 0.2) is 5.69 Å². The highest BCUT2D eigenvalue weighted by Crippen LogP contribution is 2.18. The molecule has 0 radical (unpaired) electrons. The first-order valence-electron chi connectivity index (χ1n) is 4.75. The van der Waals surface area contributed by atoms with Crippen molar-refractivity contribution in [2.24, 2.45) is 0 Å². The van der Waals surface area contributed by atoms with Gasteiger partial charge in [-0.15, -0.1) is 0 Å². The van der Waals surface area contributed by atoms with Crippen LogP contribution in [0, 0.1) is 5.82 Å². The number of halogens is 2. The Morgan fingerprint density at radius 2 is 2.29 bits per heavy atom. The molecule has 0 bridgehead atoms. The summed E-state index contributed by atoms with van der Waals surface area (Å²) in [5, 5.41) is 9.01. The fourth-order valence-corrected chi connectivity index (χ4v) is 1.63. The number of rotatable bonds is 3. The minimum atomic E-state index is -1.09. The molecule has 1 aromatic heterocycles. The van der Waals surface area contributed by atoms with Gasteiger partial charge in [-0.1, -0.05) is 17.7 Å². The number of imidazole rings is 1. The van der Waals surface area contributed by atoms with E-state index in [0.29, 0.717) is 17.1 Å². The highest BCUT2D eigenvalue weighted by atomic mass is 35.5. The molecule has 0 unspecified atom stereocenters. The van der Waals surface area contributed by atoms with Crippen molar-refractivity contribution in [3.05, 3.63) is 52.8 Å². The van der Waals surface area contributed by atoms with Crippen molar-refractivity contribution in [1.82, 2.24) is 9.55 Å². The summed E-state index contributed by atoms with van der Waals surface area (Å²) >= 11 is 5.86. The molecule has 1 aromatic carbocycles. The summed E-state index contributed by atoms with van der Waals surface area (Å²) in [6.07, 6.45) is 2.78. The molecule has 0 spiro atoms. The summed E-state index contributed by atoms with van der Waals surface area (Å²) in [4.78, 5) is 14.3. The zero-order valence-electron chi connectivity index (χ0n) is 8.60. The van der Waals surface area contributed by atoms with E-state index in [0.717, 1.165) is 0 Å². The molecule has 17 heavy (non-hydrogen) atoms. The number of benzene rings is 1. The number of carbonyl (C=O) groups is 1. The van der Waals surface area contributed by atoms with Gasteiger partial charge in [0.05, 0.1) is 6.33 Å². The van der Waals surface area contributed by atoms with E-state index in [4.69, 9.17) is 16.7 Å². The van der Waals surface area contributed by atoms with E-state index >= 15 is 0 Å². The quantitative estimate of drug-likeness (QED) is 0.915. The number of hydrogen-bond acceptors (Lipinski definition) is 2. The van der Waals surface area contributed by atoms with Crippen LogP contribution in [0.15, 0.2) is 30.7 Å². The van der Waals surface area contributed by atoms with Crippen LogP contribution in [-0.2, 0) is 6.54 Å². The van der Waals surface area contributed by atoms with E-state index in [1.165, 1.54) is 24.7 Å². The first-order valence-corrected chi connectivity index (χ1v) is 5.13. The molecule has 0 saturated heterocycles. The van der Waals surface area contributed by atoms with Crippen LogP contribution in [0.2, 0.25) is 5.02 Å². The second kappa shape index (κ2) is 4.55. The number of aromatic nitrogens is 2. The maximum atomic E-state index is 12.8. The summed E-state index contributed by atoms with van der Waals surface area (Å²) in [6.45, 7) is 0.347. The van der Waals surface area contributed by atoms with Crippen molar-refractivity contribution < 1.29 is 14.3 Å². The third-order valence-corrected chi connectivity index (χ3v) is 2.57. The zero-order valence-corrected chi connectivity index (χ0v) is 9.36. The monoisotopic (exact) mass is 254 g/mol. The van der Waals surface area contributed by atoms with Gasteiger partial charge in [-0.05, 0) is 17.7 Å². The van der Waals surface area contributed by atoms with E-state index < -0.39 is 11.8 Å². The van der Waals surface area contributed by atoms with Crippen LogP contribution < -0.4 is 0 Å². The molecule has 0 aliphatic carbocycles. The highest BCUT2D eigenvalue weighted by molar-refractivity contribution is 6.31. The largest absolute Gasteiger partial charge is 0.476 e. The lowest BCUT2D eigenvalue weighted by Crippen LogP contribution is -1.99. The molecular formula is C11H8ClFN2O2. The Morgan fingerprint density at radius 3 is 2.88 bits per heavy atom. The van der Waals surface area contributed by atoms with Gasteiger partial charge in [0, 0.05) is 17.8 Å². The summed E-state index contributed by atoms with van der Waals surface area (Å²) in [6, 6.07) is 4.07. The predicted molar refractivity (Wildman–Crippen MR) is 59.7 cm³/mol. The third kappa shape index (κ3) is 2.62. The van der Waals surface area contributed by atoms with Crippen LogP contribution in [0.25, 0.3) is 0 Å². The Balaban J connectivity index is 2.22. The van der Waals surface area contributed by atoms with E-state index in [9.17, 15) is 9.18 Å². The van der Waals surface area contributed by atoms with Crippen LogP contribution in [0.3, 0.4) is 0 Å². The maximum Gasteiger partial charge on any atom is 0.356 e. The summed E-state index contributed by atoms with van der Waals surface area (Å²) < 4.78 is 14.4. The molecule has 0 aliphatic rings. The standard InChI is InChI=1S/C11H8ClFN2O2/c12-9-3-8(13)2-1-7(9)4-15-5-10(11(16)17)14-6-15/h1-3,5-6H,4H2,(H,16,17). The van der Waals surface area contributed by atoms with Gasteiger partial charge in [0.1, 0.15) is 5.82 Å². The molecule has 4 nitrogen and oxygen atoms in total. The van der Waals surface area contributed by atoms with Gasteiger partial charge in [-0.25, -0.2) is 14.2 Å².